The lowest BCUT2D eigenvalue weighted by Crippen LogP contribution is -2.12. The summed E-state index contributed by atoms with van der Waals surface area (Å²) in [6.07, 6.45) is 0. The summed E-state index contributed by atoms with van der Waals surface area (Å²) in [5.74, 6) is -0.116. The molecule has 21 heavy (non-hydrogen) atoms. The minimum atomic E-state index is -0.116. The maximum Gasteiger partial charge on any atom is 0.255 e. The fraction of sp³-hybridized carbons (Fsp3) is 0.0588. The molecule has 0 fully saturated rings. The molecule has 3 rings (SSSR count). The molecule has 0 aliphatic heterocycles. The molecule has 0 saturated heterocycles. The molecule has 0 aliphatic rings. The maximum atomic E-state index is 12.3. The van der Waals surface area contributed by atoms with Gasteiger partial charge in [-0.2, -0.15) is 0 Å². The van der Waals surface area contributed by atoms with Gasteiger partial charge in [-0.15, -0.1) is 11.3 Å². The number of amides is 1. The lowest BCUT2D eigenvalue weighted by atomic mass is 10.1. The van der Waals surface area contributed by atoms with Crippen molar-refractivity contribution < 1.29 is 4.79 Å². The zero-order valence-electron chi connectivity index (χ0n) is 11.5. The average Bonchev–Trinajstić information content (AvgIpc) is 2.95. The van der Waals surface area contributed by atoms with E-state index in [1.54, 1.807) is 23.5 Å². The van der Waals surface area contributed by atoms with Gasteiger partial charge in [0.1, 0.15) is 0 Å². The Morgan fingerprint density at radius 1 is 1.05 bits per heavy atom. The van der Waals surface area contributed by atoms with Crippen LogP contribution in [0, 0.1) is 6.92 Å². The molecular weight excluding hydrogens is 280 g/mol. The van der Waals surface area contributed by atoms with Crippen LogP contribution in [0.3, 0.4) is 0 Å². The van der Waals surface area contributed by atoms with E-state index in [1.807, 2.05) is 54.8 Å². The second-order valence-corrected chi connectivity index (χ2v) is 5.68. The highest BCUT2D eigenvalue weighted by Crippen LogP contribution is 2.29. The van der Waals surface area contributed by atoms with Crippen LogP contribution in [-0.4, -0.2) is 10.9 Å². The van der Waals surface area contributed by atoms with Crippen LogP contribution < -0.4 is 5.32 Å². The third-order valence-electron chi connectivity index (χ3n) is 3.11. The van der Waals surface area contributed by atoms with Crippen LogP contribution >= 0.6 is 11.3 Å². The number of carbonyl (C=O) groups excluding carboxylic acids is 1. The molecule has 0 aliphatic carbocycles. The smallest absolute Gasteiger partial charge is 0.255 e. The van der Waals surface area contributed by atoms with E-state index in [0.29, 0.717) is 5.56 Å². The normalized spacial score (nSPS) is 10.3. The number of hydrogen-bond donors (Lipinski definition) is 1. The number of nitrogens with one attached hydrogen (secondary N) is 1. The van der Waals surface area contributed by atoms with Gasteiger partial charge in [-0.05, 0) is 25.1 Å². The number of anilines is 1. The number of aryl methyl sites for hydroxylation is 1. The molecule has 0 radical (unpaired) electrons. The molecule has 2 aromatic carbocycles. The number of nitrogens with zero attached hydrogens (tertiary/aromatic N) is 1. The Labute approximate surface area is 127 Å². The standard InChI is InChI=1S/C17H14N2OS/c1-12-18-16(11-21-12)14-9-5-6-10-15(14)19-17(20)13-7-3-2-4-8-13/h2-11H,1H3,(H,19,20). The lowest BCUT2D eigenvalue weighted by Gasteiger charge is -2.09. The molecule has 0 saturated carbocycles. The fourth-order valence-electron chi connectivity index (χ4n) is 2.09. The topological polar surface area (TPSA) is 42.0 Å². The van der Waals surface area contributed by atoms with E-state index in [0.717, 1.165) is 22.0 Å². The molecule has 1 N–H and O–H groups in total. The minimum absolute atomic E-state index is 0.116. The second-order valence-electron chi connectivity index (χ2n) is 4.62. The first-order valence-corrected chi connectivity index (χ1v) is 7.50. The summed E-state index contributed by atoms with van der Waals surface area (Å²) in [6, 6.07) is 16.9. The third kappa shape index (κ3) is 3.01. The van der Waals surface area contributed by atoms with Gasteiger partial charge in [0, 0.05) is 16.5 Å². The SMILES string of the molecule is Cc1nc(-c2ccccc2NC(=O)c2ccccc2)cs1. The van der Waals surface area contributed by atoms with Crippen LogP contribution in [0.15, 0.2) is 60.0 Å². The van der Waals surface area contributed by atoms with Crippen molar-refractivity contribution in [3.63, 3.8) is 0 Å². The number of para-hydroxylation sites is 1. The molecule has 3 nitrogen and oxygen atoms in total. The van der Waals surface area contributed by atoms with Gasteiger partial charge in [-0.3, -0.25) is 4.79 Å². The first-order valence-electron chi connectivity index (χ1n) is 6.62. The summed E-state index contributed by atoms with van der Waals surface area (Å²) in [6.45, 7) is 1.97. The van der Waals surface area contributed by atoms with Crippen molar-refractivity contribution in [1.29, 1.82) is 0 Å². The number of carbonyl (C=O) groups is 1. The highest BCUT2D eigenvalue weighted by molar-refractivity contribution is 7.09. The molecule has 0 atom stereocenters. The van der Waals surface area contributed by atoms with Gasteiger partial charge in [0.2, 0.25) is 0 Å². The largest absolute Gasteiger partial charge is 0.321 e. The van der Waals surface area contributed by atoms with Crippen molar-refractivity contribution in [2.75, 3.05) is 5.32 Å². The van der Waals surface area contributed by atoms with Crippen molar-refractivity contribution in [2.45, 2.75) is 6.92 Å². The molecule has 0 bridgehead atoms. The Morgan fingerprint density at radius 2 is 1.76 bits per heavy atom. The van der Waals surface area contributed by atoms with Gasteiger partial charge in [-0.25, -0.2) is 4.98 Å². The quantitative estimate of drug-likeness (QED) is 0.779. The summed E-state index contributed by atoms with van der Waals surface area (Å²) in [7, 11) is 0. The van der Waals surface area contributed by atoms with Crippen LogP contribution in [0.1, 0.15) is 15.4 Å². The van der Waals surface area contributed by atoms with Crippen molar-refractivity contribution in [2.24, 2.45) is 0 Å². The molecule has 104 valence electrons. The molecule has 1 amide bonds. The van der Waals surface area contributed by atoms with Crippen molar-refractivity contribution in [1.82, 2.24) is 4.98 Å². The predicted molar refractivity (Wildman–Crippen MR) is 86.7 cm³/mol. The molecule has 0 spiro atoms. The Morgan fingerprint density at radius 3 is 2.48 bits per heavy atom. The summed E-state index contributed by atoms with van der Waals surface area (Å²) in [5, 5.41) is 5.97. The number of hydrogen-bond acceptors (Lipinski definition) is 3. The van der Waals surface area contributed by atoms with Gasteiger partial charge in [0.15, 0.2) is 0 Å². The van der Waals surface area contributed by atoms with Crippen LogP contribution in [0.2, 0.25) is 0 Å². The van der Waals surface area contributed by atoms with Crippen LogP contribution in [0.5, 0.6) is 0 Å². The van der Waals surface area contributed by atoms with E-state index in [1.165, 1.54) is 0 Å². The Kier molecular flexibility index (Phi) is 3.79. The summed E-state index contributed by atoms with van der Waals surface area (Å²) < 4.78 is 0. The average molecular weight is 294 g/mol. The van der Waals surface area contributed by atoms with E-state index in [2.05, 4.69) is 10.3 Å². The first kappa shape index (κ1) is 13.5. The summed E-state index contributed by atoms with van der Waals surface area (Å²) in [5.41, 5.74) is 3.24. The minimum Gasteiger partial charge on any atom is -0.321 e. The second kappa shape index (κ2) is 5.89. The zero-order valence-corrected chi connectivity index (χ0v) is 12.4. The van der Waals surface area contributed by atoms with Crippen molar-refractivity contribution in [3.8, 4) is 11.3 Å². The summed E-state index contributed by atoms with van der Waals surface area (Å²) in [4.78, 5) is 16.8. The number of benzene rings is 2. The maximum absolute atomic E-state index is 12.3. The van der Waals surface area contributed by atoms with E-state index in [-0.39, 0.29) is 5.91 Å². The number of thiazole rings is 1. The Bertz CT molecular complexity index is 765. The Balaban J connectivity index is 1.91. The number of rotatable bonds is 3. The molecular formula is C17H14N2OS. The van der Waals surface area contributed by atoms with E-state index >= 15 is 0 Å². The summed E-state index contributed by atoms with van der Waals surface area (Å²) >= 11 is 1.60. The van der Waals surface area contributed by atoms with Crippen LogP contribution in [0.25, 0.3) is 11.3 Å². The fourth-order valence-corrected chi connectivity index (χ4v) is 2.70. The third-order valence-corrected chi connectivity index (χ3v) is 3.88. The van der Waals surface area contributed by atoms with Gasteiger partial charge in [0.05, 0.1) is 16.4 Å². The van der Waals surface area contributed by atoms with Gasteiger partial charge >= 0.3 is 0 Å². The molecule has 1 heterocycles. The highest BCUT2D eigenvalue weighted by Gasteiger charge is 2.11. The lowest BCUT2D eigenvalue weighted by molar-refractivity contribution is 0.102. The number of aromatic nitrogens is 1. The monoisotopic (exact) mass is 294 g/mol. The zero-order chi connectivity index (χ0) is 14.7. The van der Waals surface area contributed by atoms with Crippen LogP contribution in [-0.2, 0) is 0 Å². The van der Waals surface area contributed by atoms with Crippen LogP contribution in [0.4, 0.5) is 5.69 Å². The van der Waals surface area contributed by atoms with Gasteiger partial charge in [0.25, 0.3) is 5.91 Å². The van der Waals surface area contributed by atoms with E-state index < -0.39 is 0 Å². The van der Waals surface area contributed by atoms with Crippen molar-refractivity contribution in [3.05, 3.63) is 70.5 Å². The first-order chi connectivity index (χ1) is 10.2. The van der Waals surface area contributed by atoms with E-state index in [4.69, 9.17) is 0 Å². The Hall–Kier alpha value is -2.46. The predicted octanol–water partition coefficient (Wildman–Crippen LogP) is 4.37. The van der Waals surface area contributed by atoms with Gasteiger partial charge in [-0.1, -0.05) is 36.4 Å². The molecule has 3 aromatic rings. The van der Waals surface area contributed by atoms with Gasteiger partial charge < -0.3 is 5.32 Å². The molecule has 0 unspecified atom stereocenters. The molecule has 4 heteroatoms. The highest BCUT2D eigenvalue weighted by atomic mass is 32.1. The van der Waals surface area contributed by atoms with Crippen molar-refractivity contribution >= 4 is 22.9 Å². The van der Waals surface area contributed by atoms with E-state index in [9.17, 15) is 4.79 Å². The molecule has 1 aromatic heterocycles.